The highest BCUT2D eigenvalue weighted by atomic mass is 16.1. The average molecular weight is 332 g/mol. The molecule has 0 saturated heterocycles. The molecule has 5 heteroatoms. The van der Waals surface area contributed by atoms with Crippen LogP contribution in [0.25, 0.3) is 22.1 Å². The molecule has 25 heavy (non-hydrogen) atoms. The summed E-state index contributed by atoms with van der Waals surface area (Å²) in [5.74, 6) is 0. The molecular weight excluding hydrogens is 312 g/mol. The second-order valence-corrected chi connectivity index (χ2v) is 6.63. The van der Waals surface area contributed by atoms with Crippen molar-refractivity contribution in [3.8, 4) is 0 Å². The van der Waals surface area contributed by atoms with E-state index in [0.29, 0.717) is 17.4 Å². The van der Waals surface area contributed by atoms with Crippen LogP contribution in [0, 0.1) is 6.92 Å². The zero-order valence-corrected chi connectivity index (χ0v) is 14.6. The first-order valence-electron chi connectivity index (χ1n) is 8.26. The van der Waals surface area contributed by atoms with Crippen LogP contribution in [0.2, 0.25) is 0 Å². The predicted molar refractivity (Wildman–Crippen MR) is 102 cm³/mol. The molecule has 2 aromatic heterocycles. The van der Waals surface area contributed by atoms with Crippen molar-refractivity contribution in [3.05, 3.63) is 70.1 Å². The third-order valence-electron chi connectivity index (χ3n) is 4.53. The normalized spacial score (nSPS) is 11.3. The summed E-state index contributed by atoms with van der Waals surface area (Å²) >= 11 is 0. The van der Waals surface area contributed by atoms with E-state index < -0.39 is 0 Å². The first-order chi connectivity index (χ1) is 12.0. The number of aromatic amines is 1. The van der Waals surface area contributed by atoms with E-state index in [1.54, 1.807) is 6.33 Å². The molecule has 0 unspecified atom stereocenters. The summed E-state index contributed by atoms with van der Waals surface area (Å²) in [6, 6.07) is 14.3. The van der Waals surface area contributed by atoms with Gasteiger partial charge in [-0.25, -0.2) is 4.98 Å². The molecule has 126 valence electrons. The lowest BCUT2D eigenvalue weighted by atomic mass is 10.1. The molecule has 0 fully saturated rings. The standard InChI is InChI=1S/C20H20N4O/c1-13-4-9-17-16(10-13)19(25)18-20(22-17)24(12-21-18)11-14-5-7-15(8-6-14)23(2)3/h4-10,12H,11H2,1-3H3,(H,22,25). The minimum Gasteiger partial charge on any atom is -0.378 e. The fourth-order valence-electron chi connectivity index (χ4n) is 3.11. The molecule has 0 bridgehead atoms. The number of nitrogens with zero attached hydrogens (tertiary/aromatic N) is 3. The van der Waals surface area contributed by atoms with E-state index >= 15 is 0 Å². The molecular formula is C20H20N4O. The number of hydrogen-bond acceptors (Lipinski definition) is 3. The summed E-state index contributed by atoms with van der Waals surface area (Å²) in [4.78, 5) is 22.5. The summed E-state index contributed by atoms with van der Waals surface area (Å²) in [5, 5.41) is 0.688. The van der Waals surface area contributed by atoms with Gasteiger partial charge < -0.3 is 14.5 Å². The number of pyridine rings is 1. The van der Waals surface area contributed by atoms with E-state index in [1.807, 2.05) is 43.8 Å². The zero-order chi connectivity index (χ0) is 17.6. The third kappa shape index (κ3) is 2.67. The van der Waals surface area contributed by atoms with Crippen molar-refractivity contribution in [1.82, 2.24) is 14.5 Å². The molecule has 4 rings (SSSR count). The lowest BCUT2D eigenvalue weighted by Gasteiger charge is -2.13. The number of rotatable bonds is 3. The molecule has 0 saturated carbocycles. The molecule has 4 aromatic rings. The highest BCUT2D eigenvalue weighted by molar-refractivity contribution is 5.89. The van der Waals surface area contributed by atoms with Crippen molar-refractivity contribution in [2.45, 2.75) is 13.5 Å². The highest BCUT2D eigenvalue weighted by Gasteiger charge is 2.11. The lowest BCUT2D eigenvalue weighted by Crippen LogP contribution is -2.09. The largest absolute Gasteiger partial charge is 0.378 e. The molecule has 0 spiro atoms. The van der Waals surface area contributed by atoms with E-state index in [1.165, 1.54) is 0 Å². The Hall–Kier alpha value is -3.08. The van der Waals surface area contributed by atoms with Gasteiger partial charge in [-0.2, -0.15) is 0 Å². The van der Waals surface area contributed by atoms with Gasteiger partial charge in [-0.05, 0) is 36.8 Å². The zero-order valence-electron chi connectivity index (χ0n) is 14.6. The fourth-order valence-corrected chi connectivity index (χ4v) is 3.11. The summed E-state index contributed by atoms with van der Waals surface area (Å²) < 4.78 is 1.99. The van der Waals surface area contributed by atoms with Crippen molar-refractivity contribution in [3.63, 3.8) is 0 Å². The number of anilines is 1. The van der Waals surface area contributed by atoms with Gasteiger partial charge >= 0.3 is 0 Å². The highest BCUT2D eigenvalue weighted by Crippen LogP contribution is 2.18. The fraction of sp³-hybridized carbons (Fsp3) is 0.200. The maximum Gasteiger partial charge on any atom is 0.217 e. The molecule has 5 nitrogen and oxygen atoms in total. The molecule has 0 amide bonds. The minimum absolute atomic E-state index is 0.0193. The number of imidazole rings is 1. The van der Waals surface area contributed by atoms with Crippen molar-refractivity contribution in [2.24, 2.45) is 0 Å². The number of benzene rings is 2. The van der Waals surface area contributed by atoms with Crippen molar-refractivity contribution in [2.75, 3.05) is 19.0 Å². The van der Waals surface area contributed by atoms with E-state index in [4.69, 9.17) is 0 Å². The molecule has 0 radical (unpaired) electrons. The maximum absolute atomic E-state index is 12.7. The Labute approximate surface area is 145 Å². The van der Waals surface area contributed by atoms with Crippen LogP contribution in [-0.4, -0.2) is 28.6 Å². The van der Waals surface area contributed by atoms with Gasteiger partial charge in [0, 0.05) is 25.2 Å². The molecule has 0 aliphatic heterocycles. The number of hydrogen-bond donors (Lipinski definition) is 1. The smallest absolute Gasteiger partial charge is 0.217 e. The number of nitrogens with one attached hydrogen (secondary N) is 1. The summed E-state index contributed by atoms with van der Waals surface area (Å²) in [6.07, 6.45) is 1.73. The van der Waals surface area contributed by atoms with E-state index in [-0.39, 0.29) is 5.43 Å². The van der Waals surface area contributed by atoms with Crippen molar-refractivity contribution in [1.29, 1.82) is 0 Å². The van der Waals surface area contributed by atoms with Crippen LogP contribution in [0.5, 0.6) is 0 Å². The van der Waals surface area contributed by atoms with Gasteiger partial charge in [-0.1, -0.05) is 23.8 Å². The Morgan fingerprint density at radius 1 is 1.12 bits per heavy atom. The first kappa shape index (κ1) is 15.4. The second-order valence-electron chi connectivity index (χ2n) is 6.63. The van der Waals surface area contributed by atoms with Crippen molar-refractivity contribution >= 4 is 27.8 Å². The van der Waals surface area contributed by atoms with Gasteiger partial charge in [0.05, 0.1) is 18.4 Å². The van der Waals surface area contributed by atoms with Gasteiger partial charge in [0.2, 0.25) is 5.43 Å². The molecule has 0 atom stereocenters. The van der Waals surface area contributed by atoms with Crippen LogP contribution in [0.15, 0.2) is 53.6 Å². The quantitative estimate of drug-likeness (QED) is 0.626. The Morgan fingerprint density at radius 2 is 1.88 bits per heavy atom. The van der Waals surface area contributed by atoms with E-state index in [9.17, 15) is 4.79 Å². The molecule has 2 aromatic carbocycles. The number of aryl methyl sites for hydroxylation is 1. The monoisotopic (exact) mass is 332 g/mol. The van der Waals surface area contributed by atoms with Crippen LogP contribution in [0.3, 0.4) is 0 Å². The Morgan fingerprint density at radius 3 is 2.60 bits per heavy atom. The summed E-state index contributed by atoms with van der Waals surface area (Å²) in [5.41, 5.74) is 5.46. The molecule has 2 heterocycles. The van der Waals surface area contributed by atoms with Gasteiger partial charge in [-0.15, -0.1) is 0 Å². The SMILES string of the molecule is Cc1ccc2[nH]c3c(ncn3Cc3ccc(N(C)C)cc3)c(=O)c2c1. The van der Waals surface area contributed by atoms with E-state index in [2.05, 4.69) is 39.1 Å². The molecule has 1 N–H and O–H groups in total. The van der Waals surface area contributed by atoms with Gasteiger partial charge in [-0.3, -0.25) is 4.79 Å². The first-order valence-corrected chi connectivity index (χ1v) is 8.26. The number of aromatic nitrogens is 3. The molecule has 0 aliphatic carbocycles. The average Bonchev–Trinajstić information content (AvgIpc) is 2.99. The van der Waals surface area contributed by atoms with Crippen LogP contribution >= 0.6 is 0 Å². The topological polar surface area (TPSA) is 53.9 Å². The van der Waals surface area contributed by atoms with Crippen LogP contribution in [0.1, 0.15) is 11.1 Å². The van der Waals surface area contributed by atoms with Crippen LogP contribution in [-0.2, 0) is 6.54 Å². The summed E-state index contributed by atoms with van der Waals surface area (Å²) in [7, 11) is 4.05. The Balaban J connectivity index is 1.79. The molecule has 0 aliphatic rings. The third-order valence-corrected chi connectivity index (χ3v) is 4.53. The van der Waals surface area contributed by atoms with Crippen LogP contribution in [0.4, 0.5) is 5.69 Å². The minimum atomic E-state index is -0.0193. The van der Waals surface area contributed by atoms with Gasteiger partial charge in [0.25, 0.3) is 0 Å². The Kier molecular flexibility index (Phi) is 3.57. The van der Waals surface area contributed by atoms with E-state index in [0.717, 1.165) is 28.0 Å². The van der Waals surface area contributed by atoms with Crippen LogP contribution < -0.4 is 10.3 Å². The second kappa shape index (κ2) is 5.77. The number of fused-ring (bicyclic) bond motifs is 2. The maximum atomic E-state index is 12.7. The predicted octanol–water partition coefficient (Wildman–Crippen LogP) is 3.30. The van der Waals surface area contributed by atoms with Gasteiger partial charge in [0.15, 0.2) is 5.52 Å². The van der Waals surface area contributed by atoms with Gasteiger partial charge in [0.1, 0.15) is 5.65 Å². The van der Waals surface area contributed by atoms with Crippen molar-refractivity contribution < 1.29 is 0 Å². The lowest BCUT2D eigenvalue weighted by molar-refractivity contribution is 0.815. The number of H-pyrrole nitrogens is 1. The summed E-state index contributed by atoms with van der Waals surface area (Å²) in [6.45, 7) is 2.65. The Bertz CT molecular complexity index is 1120.